The number of phenols is 1. The summed E-state index contributed by atoms with van der Waals surface area (Å²) in [7, 11) is 0. The van der Waals surface area contributed by atoms with Crippen molar-refractivity contribution in [3.8, 4) is 5.75 Å². The smallest absolute Gasteiger partial charge is 0.313 e. The largest absolute Gasteiger partial charge is 0.507 e. The van der Waals surface area contributed by atoms with Gasteiger partial charge in [-0.2, -0.15) is 9.78 Å². The van der Waals surface area contributed by atoms with E-state index in [1.54, 1.807) is 29.1 Å². The van der Waals surface area contributed by atoms with E-state index in [1.165, 1.54) is 6.42 Å². The van der Waals surface area contributed by atoms with Crippen LogP contribution in [0.15, 0.2) is 34.5 Å². The van der Waals surface area contributed by atoms with Crippen molar-refractivity contribution < 1.29 is 15.0 Å². The summed E-state index contributed by atoms with van der Waals surface area (Å²) in [6.07, 6.45) is 7.15. The molecule has 1 aliphatic rings. The van der Waals surface area contributed by atoms with E-state index in [2.05, 4.69) is 15.3 Å². The van der Waals surface area contributed by atoms with Gasteiger partial charge in [0.2, 0.25) is 5.16 Å². The number of hydrogen-bond acceptors (Lipinski definition) is 6. The van der Waals surface area contributed by atoms with Gasteiger partial charge in [-0.1, -0.05) is 43.2 Å². The topological polar surface area (TPSA) is 101 Å². The Kier molecular flexibility index (Phi) is 5.70. The van der Waals surface area contributed by atoms with E-state index >= 15 is 0 Å². The van der Waals surface area contributed by atoms with Gasteiger partial charge < -0.3 is 10.2 Å². The van der Waals surface area contributed by atoms with Crippen LogP contribution < -0.4 is 0 Å². The Hall–Kier alpha value is -2.35. The summed E-state index contributed by atoms with van der Waals surface area (Å²) in [5.41, 5.74) is 0.583. The van der Waals surface area contributed by atoms with E-state index < -0.39 is 5.97 Å². The van der Waals surface area contributed by atoms with Crippen molar-refractivity contribution in [2.45, 2.75) is 43.2 Å². The van der Waals surface area contributed by atoms with Crippen molar-refractivity contribution in [3.63, 3.8) is 0 Å². The third kappa shape index (κ3) is 4.39. The fourth-order valence-electron chi connectivity index (χ4n) is 2.93. The van der Waals surface area contributed by atoms with Crippen molar-refractivity contribution in [1.29, 1.82) is 0 Å². The van der Waals surface area contributed by atoms with Crippen molar-refractivity contribution in [1.82, 2.24) is 14.9 Å². The van der Waals surface area contributed by atoms with Gasteiger partial charge >= 0.3 is 5.97 Å². The third-order valence-corrected chi connectivity index (χ3v) is 5.08. The Morgan fingerprint density at radius 3 is 2.76 bits per heavy atom. The summed E-state index contributed by atoms with van der Waals surface area (Å²) < 4.78 is 1.62. The molecule has 1 fully saturated rings. The summed E-state index contributed by atoms with van der Waals surface area (Å²) in [5, 5.41) is 32.1. The van der Waals surface area contributed by atoms with Crippen molar-refractivity contribution in [2.24, 2.45) is 5.10 Å². The van der Waals surface area contributed by atoms with E-state index in [0.717, 1.165) is 43.3 Å². The number of para-hydroxylation sites is 1. The maximum atomic E-state index is 10.9. The maximum Gasteiger partial charge on any atom is 0.313 e. The van der Waals surface area contributed by atoms with Crippen LogP contribution in [0.2, 0.25) is 0 Å². The van der Waals surface area contributed by atoms with Crippen LogP contribution in [-0.4, -0.2) is 43.0 Å². The number of aliphatic carboxylic acids is 1. The van der Waals surface area contributed by atoms with Crippen LogP contribution in [0.25, 0.3) is 0 Å². The molecule has 1 aromatic carbocycles. The van der Waals surface area contributed by atoms with Crippen LogP contribution in [0.4, 0.5) is 0 Å². The molecule has 0 unspecified atom stereocenters. The quantitative estimate of drug-likeness (QED) is 0.606. The molecule has 1 aromatic heterocycles. The van der Waals surface area contributed by atoms with Crippen LogP contribution in [0.5, 0.6) is 5.75 Å². The molecule has 8 heteroatoms. The number of phenolic OH excluding ortho intramolecular Hbond substituents is 1. The van der Waals surface area contributed by atoms with Crippen LogP contribution in [-0.2, 0) is 4.79 Å². The molecule has 7 nitrogen and oxygen atoms in total. The number of carbonyl (C=O) groups is 1. The van der Waals surface area contributed by atoms with Gasteiger partial charge in [0.1, 0.15) is 5.75 Å². The number of benzene rings is 1. The first-order valence-electron chi connectivity index (χ1n) is 8.27. The Labute approximate surface area is 149 Å². The second kappa shape index (κ2) is 8.15. The van der Waals surface area contributed by atoms with E-state index in [-0.39, 0.29) is 17.4 Å². The first kappa shape index (κ1) is 17.5. The summed E-state index contributed by atoms with van der Waals surface area (Å²) in [6.45, 7) is 0. The highest BCUT2D eigenvalue weighted by Gasteiger charge is 2.23. The van der Waals surface area contributed by atoms with Crippen molar-refractivity contribution >= 4 is 23.9 Å². The van der Waals surface area contributed by atoms with Gasteiger partial charge in [0.05, 0.1) is 12.0 Å². The summed E-state index contributed by atoms with van der Waals surface area (Å²) in [6, 6.07) is 6.91. The minimum absolute atomic E-state index is 0.102. The highest BCUT2D eigenvalue weighted by molar-refractivity contribution is 7.99. The summed E-state index contributed by atoms with van der Waals surface area (Å²) >= 11 is 1.09. The maximum absolute atomic E-state index is 10.9. The first-order valence-corrected chi connectivity index (χ1v) is 9.26. The highest BCUT2D eigenvalue weighted by Crippen LogP contribution is 2.33. The molecule has 0 aliphatic heterocycles. The lowest BCUT2D eigenvalue weighted by atomic mass is 9.89. The van der Waals surface area contributed by atoms with E-state index in [1.807, 2.05) is 6.07 Å². The van der Waals surface area contributed by atoms with Crippen molar-refractivity contribution in [2.75, 3.05) is 5.75 Å². The van der Waals surface area contributed by atoms with E-state index in [4.69, 9.17) is 5.11 Å². The fraction of sp³-hybridized carbons (Fsp3) is 0.412. The van der Waals surface area contributed by atoms with Gasteiger partial charge in [0.25, 0.3) is 0 Å². The second-order valence-electron chi connectivity index (χ2n) is 5.97. The Morgan fingerprint density at radius 1 is 1.28 bits per heavy atom. The lowest BCUT2D eigenvalue weighted by Crippen LogP contribution is -2.11. The molecule has 0 bridgehead atoms. The van der Waals surface area contributed by atoms with Gasteiger partial charge in [-0.15, -0.1) is 10.2 Å². The van der Waals surface area contributed by atoms with Crippen molar-refractivity contribution in [3.05, 3.63) is 35.7 Å². The standard InChI is InChI=1S/C17H20N4O3S/c22-14-9-5-4-8-13(14)10-18-21-16(12-6-2-1-3-7-12)19-20-17(21)25-11-15(23)24/h4-5,8-10,12,22H,1-3,6-7,11H2,(H,23,24)/b18-10+. The minimum Gasteiger partial charge on any atom is -0.507 e. The SMILES string of the molecule is O=C(O)CSc1nnc(C2CCCCC2)n1/N=C/c1ccccc1O. The molecular weight excluding hydrogens is 340 g/mol. The van der Waals surface area contributed by atoms with Crippen LogP contribution in [0, 0.1) is 0 Å². The number of carboxylic acid groups (broad SMARTS) is 1. The molecule has 2 aromatic rings. The summed E-state index contributed by atoms with van der Waals surface area (Å²) in [4.78, 5) is 10.9. The number of carboxylic acids is 1. The summed E-state index contributed by atoms with van der Waals surface area (Å²) in [5.74, 6) is 0.164. The van der Waals surface area contributed by atoms with E-state index in [9.17, 15) is 9.90 Å². The van der Waals surface area contributed by atoms with Crippen LogP contribution in [0.3, 0.4) is 0 Å². The Morgan fingerprint density at radius 2 is 2.04 bits per heavy atom. The zero-order valence-electron chi connectivity index (χ0n) is 13.7. The molecule has 1 aliphatic carbocycles. The molecule has 1 heterocycles. The number of rotatable bonds is 6. The predicted molar refractivity (Wildman–Crippen MR) is 95.3 cm³/mol. The van der Waals surface area contributed by atoms with Gasteiger partial charge in [0.15, 0.2) is 5.82 Å². The molecule has 2 N–H and O–H groups in total. The molecule has 0 saturated heterocycles. The van der Waals surface area contributed by atoms with Gasteiger partial charge in [-0.05, 0) is 25.0 Å². The Balaban J connectivity index is 1.91. The molecule has 132 valence electrons. The molecular formula is C17H20N4O3S. The number of thioether (sulfide) groups is 1. The zero-order chi connectivity index (χ0) is 17.6. The fourth-order valence-corrected chi connectivity index (χ4v) is 3.55. The molecule has 0 radical (unpaired) electrons. The molecule has 0 spiro atoms. The third-order valence-electron chi connectivity index (χ3n) is 4.18. The lowest BCUT2D eigenvalue weighted by Gasteiger charge is -2.20. The second-order valence-corrected chi connectivity index (χ2v) is 6.92. The van der Waals surface area contributed by atoms with Gasteiger partial charge in [-0.25, -0.2) is 0 Å². The average Bonchev–Trinajstić information content (AvgIpc) is 3.03. The van der Waals surface area contributed by atoms with Crippen LogP contribution in [0.1, 0.15) is 49.4 Å². The minimum atomic E-state index is -0.913. The van der Waals surface area contributed by atoms with E-state index in [0.29, 0.717) is 10.7 Å². The normalized spacial score (nSPS) is 15.7. The number of aromatic nitrogens is 3. The molecule has 25 heavy (non-hydrogen) atoms. The number of aromatic hydroxyl groups is 1. The Bertz CT molecular complexity index is 769. The van der Waals surface area contributed by atoms with Gasteiger partial charge in [0, 0.05) is 11.5 Å². The molecule has 0 amide bonds. The lowest BCUT2D eigenvalue weighted by molar-refractivity contribution is -0.133. The zero-order valence-corrected chi connectivity index (χ0v) is 14.5. The molecule has 3 rings (SSSR count). The number of hydrogen-bond donors (Lipinski definition) is 2. The highest BCUT2D eigenvalue weighted by atomic mass is 32.2. The monoisotopic (exact) mass is 360 g/mol. The van der Waals surface area contributed by atoms with Crippen LogP contribution >= 0.6 is 11.8 Å². The number of nitrogens with zero attached hydrogens (tertiary/aromatic N) is 4. The molecule has 0 atom stereocenters. The first-order chi connectivity index (χ1) is 12.1. The molecule has 1 saturated carbocycles. The predicted octanol–water partition coefficient (Wildman–Crippen LogP) is 3.09. The average molecular weight is 360 g/mol. The van der Waals surface area contributed by atoms with Gasteiger partial charge in [-0.3, -0.25) is 4.79 Å².